The lowest BCUT2D eigenvalue weighted by atomic mass is 9.77. The van der Waals surface area contributed by atoms with Gasteiger partial charge in [0.2, 0.25) is 0 Å². The Balaban J connectivity index is 1.81. The van der Waals surface area contributed by atoms with Gasteiger partial charge in [-0.2, -0.15) is 0 Å². The van der Waals surface area contributed by atoms with Gasteiger partial charge in [-0.15, -0.1) is 0 Å². The van der Waals surface area contributed by atoms with Gasteiger partial charge in [0.1, 0.15) is 0 Å². The summed E-state index contributed by atoms with van der Waals surface area (Å²) in [4.78, 5) is 17.4. The molecule has 19 heavy (non-hydrogen) atoms. The molecule has 1 atom stereocenters. The molecule has 0 radical (unpaired) electrons. The fourth-order valence-electron chi connectivity index (χ4n) is 2.48. The van der Waals surface area contributed by atoms with E-state index in [0.717, 1.165) is 24.9 Å². The fraction of sp³-hybridized carbons (Fsp3) is 0.533. The summed E-state index contributed by atoms with van der Waals surface area (Å²) in [6.45, 7) is 5.50. The van der Waals surface area contributed by atoms with Crippen LogP contribution in [-0.4, -0.2) is 18.5 Å². The SMILES string of the molecule is CC1(C)CCCNC1C(=O)NOCc1ccccc1. The van der Waals surface area contributed by atoms with E-state index in [1.807, 2.05) is 30.3 Å². The summed E-state index contributed by atoms with van der Waals surface area (Å²) in [7, 11) is 0. The predicted octanol–water partition coefficient (Wildman–Crippen LogP) is 2.01. The van der Waals surface area contributed by atoms with Crippen LogP contribution in [-0.2, 0) is 16.2 Å². The van der Waals surface area contributed by atoms with E-state index in [4.69, 9.17) is 4.84 Å². The lowest BCUT2D eigenvalue weighted by molar-refractivity contribution is -0.140. The molecular weight excluding hydrogens is 240 g/mol. The Bertz CT molecular complexity index is 417. The van der Waals surface area contributed by atoms with E-state index in [0.29, 0.717) is 6.61 Å². The first-order valence-electron chi connectivity index (χ1n) is 6.78. The molecule has 1 fully saturated rings. The van der Waals surface area contributed by atoms with E-state index >= 15 is 0 Å². The molecule has 1 heterocycles. The number of carbonyl (C=O) groups is 1. The number of benzene rings is 1. The van der Waals surface area contributed by atoms with Crippen LogP contribution >= 0.6 is 0 Å². The predicted molar refractivity (Wildman–Crippen MR) is 74.2 cm³/mol. The Hall–Kier alpha value is -1.39. The minimum absolute atomic E-state index is 0.0293. The van der Waals surface area contributed by atoms with Crippen LogP contribution in [0, 0.1) is 5.41 Å². The van der Waals surface area contributed by atoms with Gasteiger partial charge in [-0.25, -0.2) is 5.48 Å². The Labute approximate surface area is 114 Å². The van der Waals surface area contributed by atoms with Gasteiger partial charge in [-0.3, -0.25) is 9.63 Å². The summed E-state index contributed by atoms with van der Waals surface area (Å²) in [6, 6.07) is 9.61. The molecule has 1 unspecified atom stereocenters. The van der Waals surface area contributed by atoms with Crippen molar-refractivity contribution in [2.24, 2.45) is 5.41 Å². The molecule has 0 saturated carbocycles. The Morgan fingerprint density at radius 2 is 2.16 bits per heavy atom. The number of amides is 1. The Morgan fingerprint density at radius 1 is 1.42 bits per heavy atom. The van der Waals surface area contributed by atoms with Crippen LogP contribution in [0.3, 0.4) is 0 Å². The van der Waals surface area contributed by atoms with Crippen molar-refractivity contribution in [2.75, 3.05) is 6.54 Å². The second-order valence-electron chi connectivity index (χ2n) is 5.72. The van der Waals surface area contributed by atoms with Crippen molar-refractivity contribution in [1.29, 1.82) is 0 Å². The summed E-state index contributed by atoms with van der Waals surface area (Å²) in [5, 5.41) is 3.27. The zero-order chi connectivity index (χ0) is 13.7. The van der Waals surface area contributed by atoms with E-state index in [-0.39, 0.29) is 17.4 Å². The van der Waals surface area contributed by atoms with Crippen molar-refractivity contribution < 1.29 is 9.63 Å². The van der Waals surface area contributed by atoms with Crippen LogP contribution in [0.4, 0.5) is 0 Å². The quantitative estimate of drug-likeness (QED) is 0.816. The third-order valence-corrected chi connectivity index (χ3v) is 3.64. The molecule has 4 heteroatoms. The highest BCUT2D eigenvalue weighted by molar-refractivity contribution is 5.81. The first kappa shape index (κ1) is 14.0. The van der Waals surface area contributed by atoms with E-state index in [2.05, 4.69) is 24.6 Å². The molecule has 0 spiro atoms. The monoisotopic (exact) mass is 262 g/mol. The fourth-order valence-corrected chi connectivity index (χ4v) is 2.48. The molecule has 1 aliphatic heterocycles. The molecule has 0 aliphatic carbocycles. The van der Waals surface area contributed by atoms with E-state index in [9.17, 15) is 4.79 Å². The number of hydroxylamine groups is 1. The normalized spacial score (nSPS) is 21.9. The highest BCUT2D eigenvalue weighted by atomic mass is 16.6. The number of hydrogen-bond donors (Lipinski definition) is 2. The van der Waals surface area contributed by atoms with Crippen LogP contribution in [0.1, 0.15) is 32.3 Å². The summed E-state index contributed by atoms with van der Waals surface area (Å²) in [5.74, 6) is -0.0827. The third-order valence-electron chi connectivity index (χ3n) is 3.64. The van der Waals surface area contributed by atoms with Gasteiger partial charge in [0, 0.05) is 0 Å². The van der Waals surface area contributed by atoms with E-state index < -0.39 is 0 Å². The van der Waals surface area contributed by atoms with Crippen LogP contribution in [0.25, 0.3) is 0 Å². The molecule has 104 valence electrons. The van der Waals surface area contributed by atoms with E-state index in [1.54, 1.807) is 0 Å². The molecule has 0 bridgehead atoms. The Kier molecular flexibility index (Phi) is 4.56. The van der Waals surface area contributed by atoms with Crippen LogP contribution in [0.15, 0.2) is 30.3 Å². The molecule has 0 aromatic heterocycles. The number of rotatable bonds is 4. The van der Waals surface area contributed by atoms with Gasteiger partial charge < -0.3 is 5.32 Å². The maximum absolute atomic E-state index is 12.1. The van der Waals surface area contributed by atoms with Gasteiger partial charge in [-0.1, -0.05) is 44.2 Å². The molecule has 2 N–H and O–H groups in total. The average Bonchev–Trinajstić information content (AvgIpc) is 2.39. The lowest BCUT2D eigenvalue weighted by Crippen LogP contribution is -2.55. The lowest BCUT2D eigenvalue weighted by Gasteiger charge is -2.37. The third kappa shape index (κ3) is 3.78. The van der Waals surface area contributed by atoms with Crippen LogP contribution < -0.4 is 10.8 Å². The molecule has 2 rings (SSSR count). The number of carbonyl (C=O) groups excluding carboxylic acids is 1. The number of piperidine rings is 1. The molecule has 1 aromatic rings. The Morgan fingerprint density at radius 3 is 2.84 bits per heavy atom. The van der Waals surface area contributed by atoms with Crippen molar-refractivity contribution in [2.45, 2.75) is 39.3 Å². The molecule has 1 amide bonds. The minimum Gasteiger partial charge on any atom is -0.305 e. The summed E-state index contributed by atoms with van der Waals surface area (Å²) in [5.41, 5.74) is 3.57. The number of hydrogen-bond acceptors (Lipinski definition) is 3. The maximum atomic E-state index is 12.1. The van der Waals surface area contributed by atoms with Gasteiger partial charge in [0.15, 0.2) is 0 Å². The molecule has 4 nitrogen and oxygen atoms in total. The van der Waals surface area contributed by atoms with Crippen molar-refractivity contribution in [3.63, 3.8) is 0 Å². The van der Waals surface area contributed by atoms with Gasteiger partial charge >= 0.3 is 0 Å². The minimum atomic E-state index is -0.183. The van der Waals surface area contributed by atoms with Crippen LogP contribution in [0.5, 0.6) is 0 Å². The van der Waals surface area contributed by atoms with Gasteiger partial charge in [0.05, 0.1) is 12.6 Å². The van der Waals surface area contributed by atoms with Crippen molar-refractivity contribution in [3.8, 4) is 0 Å². The topological polar surface area (TPSA) is 50.4 Å². The second kappa shape index (κ2) is 6.17. The van der Waals surface area contributed by atoms with Gasteiger partial charge in [0.25, 0.3) is 5.91 Å². The highest BCUT2D eigenvalue weighted by Gasteiger charge is 2.37. The summed E-state index contributed by atoms with van der Waals surface area (Å²) in [6.07, 6.45) is 2.17. The summed E-state index contributed by atoms with van der Waals surface area (Å²) < 4.78 is 0. The van der Waals surface area contributed by atoms with Crippen molar-refractivity contribution in [3.05, 3.63) is 35.9 Å². The first-order chi connectivity index (χ1) is 9.09. The maximum Gasteiger partial charge on any atom is 0.261 e. The molecule has 1 aliphatic rings. The van der Waals surface area contributed by atoms with Crippen molar-refractivity contribution >= 4 is 5.91 Å². The standard InChI is InChI=1S/C15H22N2O2/c1-15(2)9-6-10-16-13(15)14(18)17-19-11-12-7-4-3-5-8-12/h3-5,7-8,13,16H,6,9-11H2,1-2H3,(H,17,18). The zero-order valence-electron chi connectivity index (χ0n) is 11.6. The summed E-state index contributed by atoms with van der Waals surface area (Å²) >= 11 is 0. The zero-order valence-corrected chi connectivity index (χ0v) is 11.6. The second-order valence-corrected chi connectivity index (χ2v) is 5.72. The average molecular weight is 262 g/mol. The van der Waals surface area contributed by atoms with Gasteiger partial charge in [-0.05, 0) is 30.4 Å². The van der Waals surface area contributed by atoms with Crippen LogP contribution in [0.2, 0.25) is 0 Å². The number of nitrogens with one attached hydrogen (secondary N) is 2. The first-order valence-corrected chi connectivity index (χ1v) is 6.78. The smallest absolute Gasteiger partial charge is 0.261 e. The molecular formula is C15H22N2O2. The highest BCUT2D eigenvalue weighted by Crippen LogP contribution is 2.30. The molecule has 1 aromatic carbocycles. The molecule has 1 saturated heterocycles. The largest absolute Gasteiger partial charge is 0.305 e. The van der Waals surface area contributed by atoms with E-state index in [1.165, 1.54) is 0 Å². The van der Waals surface area contributed by atoms with Crippen molar-refractivity contribution in [1.82, 2.24) is 10.8 Å².